The molecule has 0 saturated heterocycles. The molecular formula is C26H19BrO2. The van der Waals surface area contributed by atoms with E-state index in [0.717, 1.165) is 4.47 Å². The minimum absolute atomic E-state index is 0.203. The summed E-state index contributed by atoms with van der Waals surface area (Å²) in [6.07, 6.45) is 0. The number of phenols is 2. The molecule has 0 fully saturated rings. The standard InChI is InChI=1S/C14H9BrO2.C12H10/c15-8-5-6-11-12(7-8)14(17)10-4-2-1-3-9(10)13(11)16;1-3-7-11(8-4-1)12-9-5-2-6-10-12/h1-7,16-17H;1-10H. The van der Waals surface area contributed by atoms with Gasteiger partial charge >= 0.3 is 0 Å². The molecule has 142 valence electrons. The zero-order chi connectivity index (χ0) is 20.2. The highest BCUT2D eigenvalue weighted by molar-refractivity contribution is 9.10. The highest BCUT2D eigenvalue weighted by Crippen LogP contribution is 2.41. The zero-order valence-electron chi connectivity index (χ0n) is 15.6. The second kappa shape index (κ2) is 8.38. The summed E-state index contributed by atoms with van der Waals surface area (Å²) in [4.78, 5) is 0. The first-order chi connectivity index (χ1) is 14.1. The number of aromatic hydroxyl groups is 2. The first-order valence-corrected chi connectivity index (χ1v) is 10.1. The summed E-state index contributed by atoms with van der Waals surface area (Å²) in [6.45, 7) is 0. The maximum Gasteiger partial charge on any atom is 0.131 e. The second-order valence-electron chi connectivity index (χ2n) is 6.66. The molecule has 0 aliphatic heterocycles. The Morgan fingerprint density at radius 3 is 1.38 bits per heavy atom. The predicted octanol–water partition coefficient (Wildman–Crippen LogP) is 7.52. The first-order valence-electron chi connectivity index (χ1n) is 9.27. The fraction of sp³-hybridized carbons (Fsp3) is 0. The van der Waals surface area contributed by atoms with Crippen LogP contribution < -0.4 is 0 Å². The molecule has 5 aromatic carbocycles. The highest BCUT2D eigenvalue weighted by atomic mass is 79.9. The van der Waals surface area contributed by atoms with Crippen molar-refractivity contribution in [3.05, 3.63) is 108 Å². The minimum Gasteiger partial charge on any atom is -0.507 e. The predicted molar refractivity (Wildman–Crippen MR) is 124 cm³/mol. The molecule has 5 aromatic rings. The van der Waals surface area contributed by atoms with Crippen molar-refractivity contribution in [1.29, 1.82) is 0 Å². The molecule has 0 aromatic heterocycles. The number of phenolic OH excluding ortho intramolecular Hbond substituents is 2. The van der Waals surface area contributed by atoms with Crippen molar-refractivity contribution >= 4 is 37.5 Å². The minimum atomic E-state index is 0.203. The molecule has 0 saturated carbocycles. The van der Waals surface area contributed by atoms with Crippen molar-refractivity contribution in [2.45, 2.75) is 0 Å². The molecule has 0 amide bonds. The molecule has 29 heavy (non-hydrogen) atoms. The summed E-state index contributed by atoms with van der Waals surface area (Å²) in [5, 5.41) is 23.1. The summed E-state index contributed by atoms with van der Waals surface area (Å²) in [6, 6.07) is 33.5. The van der Waals surface area contributed by atoms with E-state index in [1.807, 2.05) is 30.3 Å². The van der Waals surface area contributed by atoms with E-state index in [9.17, 15) is 10.2 Å². The molecule has 5 rings (SSSR count). The van der Waals surface area contributed by atoms with Gasteiger partial charge in [-0.1, -0.05) is 101 Å². The lowest BCUT2D eigenvalue weighted by molar-refractivity contribution is 0.478. The summed E-state index contributed by atoms with van der Waals surface area (Å²) in [5.74, 6) is 0.413. The smallest absolute Gasteiger partial charge is 0.131 e. The molecule has 3 heteroatoms. The van der Waals surface area contributed by atoms with Crippen LogP contribution in [-0.2, 0) is 0 Å². The van der Waals surface area contributed by atoms with Crippen molar-refractivity contribution in [3.63, 3.8) is 0 Å². The van der Waals surface area contributed by atoms with E-state index in [1.165, 1.54) is 11.1 Å². The number of hydrogen-bond donors (Lipinski definition) is 2. The fourth-order valence-corrected chi connectivity index (χ4v) is 3.73. The van der Waals surface area contributed by atoms with Crippen LogP contribution in [-0.4, -0.2) is 10.2 Å². The third kappa shape index (κ3) is 3.96. The molecule has 0 unspecified atom stereocenters. The molecule has 2 N–H and O–H groups in total. The van der Waals surface area contributed by atoms with Gasteiger partial charge in [0.25, 0.3) is 0 Å². The molecule has 2 nitrogen and oxygen atoms in total. The maximum absolute atomic E-state index is 10.2. The van der Waals surface area contributed by atoms with E-state index in [2.05, 4.69) is 64.5 Å². The fourth-order valence-electron chi connectivity index (χ4n) is 3.37. The van der Waals surface area contributed by atoms with Crippen molar-refractivity contribution in [2.75, 3.05) is 0 Å². The molecule has 0 spiro atoms. The van der Waals surface area contributed by atoms with Gasteiger partial charge in [-0.3, -0.25) is 0 Å². The van der Waals surface area contributed by atoms with Gasteiger partial charge in [-0.2, -0.15) is 0 Å². The largest absolute Gasteiger partial charge is 0.507 e. The Morgan fingerprint density at radius 2 is 0.862 bits per heavy atom. The molecule has 0 atom stereocenters. The Balaban J connectivity index is 0.000000150. The summed E-state index contributed by atoms with van der Waals surface area (Å²) < 4.78 is 0.870. The van der Waals surface area contributed by atoms with E-state index in [0.29, 0.717) is 21.5 Å². The Labute approximate surface area is 177 Å². The molecule has 0 aliphatic carbocycles. The molecular weight excluding hydrogens is 424 g/mol. The van der Waals surface area contributed by atoms with Crippen LogP contribution in [0.4, 0.5) is 0 Å². The van der Waals surface area contributed by atoms with Gasteiger partial charge in [0.2, 0.25) is 0 Å². The SMILES string of the molecule is Oc1c2ccccc2c(O)c2cc(Br)ccc12.c1ccc(-c2ccccc2)cc1. The van der Waals surface area contributed by atoms with Gasteiger partial charge in [0.05, 0.1) is 0 Å². The van der Waals surface area contributed by atoms with Gasteiger partial charge in [-0.25, -0.2) is 0 Å². The number of halogens is 1. The summed E-state index contributed by atoms with van der Waals surface area (Å²) in [5.41, 5.74) is 2.55. The Kier molecular flexibility index (Phi) is 5.50. The lowest BCUT2D eigenvalue weighted by Crippen LogP contribution is -1.81. The Bertz CT molecular complexity index is 1230. The normalized spacial score (nSPS) is 10.5. The van der Waals surface area contributed by atoms with Crippen molar-refractivity contribution in [1.82, 2.24) is 0 Å². The third-order valence-electron chi connectivity index (χ3n) is 4.81. The van der Waals surface area contributed by atoms with Gasteiger partial charge < -0.3 is 10.2 Å². The van der Waals surface area contributed by atoms with E-state index >= 15 is 0 Å². The van der Waals surface area contributed by atoms with Crippen LogP contribution in [0, 0.1) is 0 Å². The number of benzene rings is 5. The van der Waals surface area contributed by atoms with E-state index in [4.69, 9.17) is 0 Å². The van der Waals surface area contributed by atoms with E-state index in [-0.39, 0.29) is 11.5 Å². The maximum atomic E-state index is 10.2. The monoisotopic (exact) mass is 442 g/mol. The Hall–Kier alpha value is -3.30. The lowest BCUT2D eigenvalue weighted by Gasteiger charge is -2.09. The average Bonchev–Trinajstić information content (AvgIpc) is 2.79. The number of hydrogen-bond acceptors (Lipinski definition) is 2. The van der Waals surface area contributed by atoms with Crippen molar-refractivity contribution in [3.8, 4) is 22.6 Å². The topological polar surface area (TPSA) is 40.5 Å². The van der Waals surface area contributed by atoms with Gasteiger partial charge in [-0.05, 0) is 29.3 Å². The first kappa shape index (κ1) is 19.0. The van der Waals surface area contributed by atoms with Crippen molar-refractivity contribution < 1.29 is 10.2 Å². The number of rotatable bonds is 1. The van der Waals surface area contributed by atoms with Gasteiger partial charge in [0.1, 0.15) is 11.5 Å². The number of fused-ring (bicyclic) bond motifs is 2. The Morgan fingerprint density at radius 1 is 0.448 bits per heavy atom. The van der Waals surface area contributed by atoms with Crippen LogP contribution in [0.2, 0.25) is 0 Å². The van der Waals surface area contributed by atoms with Gasteiger partial charge in [0.15, 0.2) is 0 Å². The molecule has 0 heterocycles. The van der Waals surface area contributed by atoms with E-state index in [1.54, 1.807) is 24.3 Å². The van der Waals surface area contributed by atoms with E-state index < -0.39 is 0 Å². The van der Waals surface area contributed by atoms with Crippen LogP contribution in [0.5, 0.6) is 11.5 Å². The average molecular weight is 443 g/mol. The van der Waals surface area contributed by atoms with Crippen LogP contribution in [0.1, 0.15) is 0 Å². The zero-order valence-corrected chi connectivity index (χ0v) is 17.2. The van der Waals surface area contributed by atoms with Crippen LogP contribution in [0.25, 0.3) is 32.7 Å². The highest BCUT2D eigenvalue weighted by Gasteiger charge is 2.12. The second-order valence-corrected chi connectivity index (χ2v) is 7.58. The van der Waals surface area contributed by atoms with Crippen molar-refractivity contribution in [2.24, 2.45) is 0 Å². The van der Waals surface area contributed by atoms with Gasteiger partial charge in [-0.15, -0.1) is 0 Å². The quantitative estimate of drug-likeness (QED) is 0.208. The lowest BCUT2D eigenvalue weighted by atomic mass is 10.0. The summed E-state index contributed by atoms with van der Waals surface area (Å²) >= 11 is 3.36. The van der Waals surface area contributed by atoms with Crippen LogP contribution in [0.3, 0.4) is 0 Å². The van der Waals surface area contributed by atoms with Crippen LogP contribution >= 0.6 is 15.9 Å². The molecule has 0 aliphatic rings. The van der Waals surface area contributed by atoms with Gasteiger partial charge in [0, 0.05) is 26.0 Å². The molecule has 0 radical (unpaired) electrons. The summed E-state index contributed by atoms with van der Waals surface area (Å²) in [7, 11) is 0. The van der Waals surface area contributed by atoms with Crippen LogP contribution in [0.15, 0.2) is 108 Å². The molecule has 0 bridgehead atoms. The third-order valence-corrected chi connectivity index (χ3v) is 5.30.